The van der Waals surface area contributed by atoms with Gasteiger partial charge in [0.25, 0.3) is 5.56 Å². The molecule has 31 heavy (non-hydrogen) atoms. The standard InChI is InChI=1S/C22H19F3N4O2/c1-12-11-29(6-5-19(12)31-22-15(24)7-13(23)8-16(22)25)18-9-20(30)28(2)17-4-3-14(10-26)27-21(17)18/h3-4,7-9,12,19H,5-6,11H2,1-2H3/t12-,19-/m1/s1. The highest BCUT2D eigenvalue weighted by Crippen LogP contribution is 2.32. The molecule has 1 aliphatic rings. The van der Waals surface area contributed by atoms with Crippen molar-refractivity contribution in [1.82, 2.24) is 9.55 Å². The number of halogens is 3. The van der Waals surface area contributed by atoms with Crippen LogP contribution in [0.25, 0.3) is 11.0 Å². The molecule has 160 valence electrons. The van der Waals surface area contributed by atoms with E-state index in [1.807, 2.05) is 17.9 Å². The van der Waals surface area contributed by atoms with Crippen LogP contribution in [0.2, 0.25) is 0 Å². The number of nitriles is 1. The van der Waals surface area contributed by atoms with E-state index in [9.17, 15) is 23.2 Å². The van der Waals surface area contributed by atoms with Gasteiger partial charge in [0.1, 0.15) is 29.2 Å². The lowest BCUT2D eigenvalue weighted by Crippen LogP contribution is -2.45. The number of hydrogen-bond donors (Lipinski definition) is 0. The van der Waals surface area contributed by atoms with Crippen LogP contribution in [0.4, 0.5) is 18.9 Å². The van der Waals surface area contributed by atoms with Crippen LogP contribution in [0, 0.1) is 34.7 Å². The number of benzene rings is 1. The molecule has 2 aromatic heterocycles. The topological polar surface area (TPSA) is 71.2 Å². The number of ether oxygens (including phenoxy) is 1. The molecule has 0 aliphatic carbocycles. The summed E-state index contributed by atoms with van der Waals surface area (Å²) >= 11 is 0. The Balaban J connectivity index is 1.62. The monoisotopic (exact) mass is 428 g/mol. The van der Waals surface area contributed by atoms with Gasteiger partial charge in [-0.25, -0.2) is 18.2 Å². The SMILES string of the molecule is C[C@@H]1CN(c2cc(=O)n(C)c3ccc(C#N)nc23)CC[C@H]1Oc1c(F)cc(F)cc1F. The summed E-state index contributed by atoms with van der Waals surface area (Å²) in [6.07, 6.45) is -0.0716. The Hall–Kier alpha value is -3.54. The van der Waals surface area contributed by atoms with Gasteiger partial charge in [0.15, 0.2) is 17.4 Å². The van der Waals surface area contributed by atoms with E-state index in [0.29, 0.717) is 48.4 Å². The van der Waals surface area contributed by atoms with Crippen LogP contribution in [0.15, 0.2) is 35.1 Å². The minimum absolute atomic E-state index is 0.157. The van der Waals surface area contributed by atoms with E-state index in [1.165, 1.54) is 10.6 Å². The summed E-state index contributed by atoms with van der Waals surface area (Å²) in [7, 11) is 1.64. The molecule has 1 aliphatic heterocycles. The third-order valence-corrected chi connectivity index (χ3v) is 5.58. The van der Waals surface area contributed by atoms with Gasteiger partial charge in [0.2, 0.25) is 0 Å². The van der Waals surface area contributed by atoms with Crippen molar-refractivity contribution >= 4 is 16.7 Å². The molecule has 0 saturated carbocycles. The first-order valence-electron chi connectivity index (χ1n) is 9.75. The second-order valence-electron chi connectivity index (χ2n) is 7.67. The van der Waals surface area contributed by atoms with Gasteiger partial charge in [-0.1, -0.05) is 6.92 Å². The van der Waals surface area contributed by atoms with Crippen molar-refractivity contribution in [3.8, 4) is 11.8 Å². The van der Waals surface area contributed by atoms with E-state index in [1.54, 1.807) is 19.2 Å². The van der Waals surface area contributed by atoms with Crippen LogP contribution in [0.5, 0.6) is 5.75 Å². The van der Waals surface area contributed by atoms with Gasteiger partial charge in [-0.3, -0.25) is 4.79 Å². The van der Waals surface area contributed by atoms with E-state index in [4.69, 9.17) is 4.74 Å². The van der Waals surface area contributed by atoms with E-state index >= 15 is 0 Å². The second kappa shape index (κ2) is 7.95. The fourth-order valence-electron chi connectivity index (χ4n) is 3.93. The lowest BCUT2D eigenvalue weighted by atomic mass is 9.95. The molecular formula is C22H19F3N4O2. The molecule has 0 spiro atoms. The lowest BCUT2D eigenvalue weighted by molar-refractivity contribution is 0.110. The van der Waals surface area contributed by atoms with Gasteiger partial charge in [0, 0.05) is 50.7 Å². The van der Waals surface area contributed by atoms with E-state index in [-0.39, 0.29) is 17.2 Å². The number of aromatic nitrogens is 2. The highest BCUT2D eigenvalue weighted by Gasteiger charge is 2.31. The van der Waals surface area contributed by atoms with Crippen LogP contribution in [-0.4, -0.2) is 28.7 Å². The summed E-state index contributed by atoms with van der Waals surface area (Å²) < 4.78 is 48.1. The Labute approximate surface area is 176 Å². The molecule has 6 nitrogen and oxygen atoms in total. The van der Waals surface area contributed by atoms with Crippen LogP contribution in [-0.2, 0) is 7.05 Å². The van der Waals surface area contributed by atoms with Crippen LogP contribution < -0.4 is 15.2 Å². The van der Waals surface area contributed by atoms with Crippen molar-refractivity contribution < 1.29 is 17.9 Å². The molecule has 4 rings (SSSR count). The van der Waals surface area contributed by atoms with Crippen molar-refractivity contribution in [3.63, 3.8) is 0 Å². The Kier molecular flexibility index (Phi) is 5.31. The maximum absolute atomic E-state index is 14.0. The number of nitrogens with zero attached hydrogens (tertiary/aromatic N) is 4. The minimum Gasteiger partial charge on any atom is -0.484 e. The van der Waals surface area contributed by atoms with Gasteiger partial charge < -0.3 is 14.2 Å². The smallest absolute Gasteiger partial charge is 0.252 e. The summed E-state index contributed by atoms with van der Waals surface area (Å²) in [4.78, 5) is 18.8. The number of anilines is 1. The number of piperidine rings is 1. The molecule has 0 amide bonds. The zero-order valence-electron chi connectivity index (χ0n) is 16.9. The van der Waals surface area contributed by atoms with Crippen molar-refractivity contribution in [3.05, 3.63) is 63.8 Å². The summed E-state index contributed by atoms with van der Waals surface area (Å²) in [5, 5.41) is 9.21. The van der Waals surface area contributed by atoms with Gasteiger partial charge in [-0.15, -0.1) is 0 Å². The molecule has 3 aromatic rings. The highest BCUT2D eigenvalue weighted by atomic mass is 19.1. The Morgan fingerprint density at radius 1 is 1.19 bits per heavy atom. The normalized spacial score (nSPS) is 18.8. The van der Waals surface area contributed by atoms with E-state index in [2.05, 4.69) is 4.98 Å². The fraction of sp³-hybridized carbons (Fsp3) is 0.318. The summed E-state index contributed by atoms with van der Waals surface area (Å²) in [5.41, 5.74) is 1.75. The van der Waals surface area contributed by atoms with Gasteiger partial charge in [-0.05, 0) is 12.1 Å². The van der Waals surface area contributed by atoms with E-state index < -0.39 is 29.3 Å². The summed E-state index contributed by atoms with van der Waals surface area (Å²) in [6.45, 7) is 2.75. The molecule has 0 radical (unpaired) electrons. The molecule has 0 unspecified atom stereocenters. The molecule has 2 atom stereocenters. The van der Waals surface area contributed by atoms with E-state index in [0.717, 1.165) is 0 Å². The number of pyridine rings is 2. The Morgan fingerprint density at radius 2 is 1.90 bits per heavy atom. The molecular weight excluding hydrogens is 409 g/mol. The average Bonchev–Trinajstić information content (AvgIpc) is 2.73. The zero-order valence-corrected chi connectivity index (χ0v) is 16.9. The molecule has 0 N–H and O–H groups in total. The van der Waals surface area contributed by atoms with Gasteiger partial charge in [-0.2, -0.15) is 5.26 Å². The van der Waals surface area contributed by atoms with Crippen LogP contribution in [0.3, 0.4) is 0 Å². The van der Waals surface area contributed by atoms with Gasteiger partial charge in [0.05, 0.1) is 11.2 Å². The number of aryl methyl sites for hydroxylation is 1. The molecule has 9 heteroatoms. The van der Waals surface area contributed by atoms with Crippen molar-refractivity contribution in [1.29, 1.82) is 5.26 Å². The number of rotatable bonds is 3. The minimum atomic E-state index is -1.09. The number of fused-ring (bicyclic) bond motifs is 1. The maximum atomic E-state index is 14.0. The predicted octanol–water partition coefficient (Wildman–Crippen LogP) is 3.52. The van der Waals surface area contributed by atoms with Crippen LogP contribution in [0.1, 0.15) is 19.0 Å². The van der Waals surface area contributed by atoms with Crippen molar-refractivity contribution in [2.24, 2.45) is 13.0 Å². The van der Waals surface area contributed by atoms with Crippen LogP contribution >= 0.6 is 0 Å². The first-order chi connectivity index (χ1) is 14.8. The Morgan fingerprint density at radius 3 is 2.55 bits per heavy atom. The highest BCUT2D eigenvalue weighted by molar-refractivity contribution is 5.88. The molecule has 1 saturated heterocycles. The third kappa shape index (κ3) is 3.81. The molecule has 1 aromatic carbocycles. The maximum Gasteiger partial charge on any atom is 0.252 e. The van der Waals surface area contributed by atoms with Gasteiger partial charge >= 0.3 is 0 Å². The predicted molar refractivity (Wildman–Crippen MR) is 108 cm³/mol. The lowest BCUT2D eigenvalue weighted by Gasteiger charge is -2.38. The quantitative estimate of drug-likeness (QED) is 0.639. The van der Waals surface area contributed by atoms with Crippen molar-refractivity contribution in [2.75, 3.05) is 18.0 Å². The second-order valence-corrected chi connectivity index (χ2v) is 7.67. The first-order valence-corrected chi connectivity index (χ1v) is 9.75. The summed E-state index contributed by atoms with van der Waals surface area (Å²) in [6, 6.07) is 7.90. The molecule has 3 heterocycles. The largest absolute Gasteiger partial charge is 0.484 e. The van der Waals surface area contributed by atoms with Crippen molar-refractivity contribution in [2.45, 2.75) is 19.4 Å². The third-order valence-electron chi connectivity index (χ3n) is 5.58. The molecule has 1 fully saturated rings. The zero-order chi connectivity index (χ0) is 22.3. The fourth-order valence-corrected chi connectivity index (χ4v) is 3.93. The summed E-state index contributed by atoms with van der Waals surface area (Å²) in [5.74, 6) is -3.93. The first kappa shape index (κ1) is 20.7. The Bertz CT molecular complexity index is 1250. The number of hydrogen-bond acceptors (Lipinski definition) is 5. The average molecular weight is 428 g/mol. The molecule has 0 bridgehead atoms.